The molecular formula is C16H18N2O2S. The third kappa shape index (κ3) is 3.49. The second kappa shape index (κ2) is 6.37. The molecule has 0 fully saturated rings. The van der Waals surface area contributed by atoms with Crippen LogP contribution in [0.25, 0.3) is 0 Å². The first-order chi connectivity index (χ1) is 10.2. The van der Waals surface area contributed by atoms with Crippen LogP contribution in [0.5, 0.6) is 0 Å². The summed E-state index contributed by atoms with van der Waals surface area (Å²) in [6.45, 7) is 2.90. The minimum Gasteiger partial charge on any atom is -0.469 e. The summed E-state index contributed by atoms with van der Waals surface area (Å²) >= 11 is 1.64. The van der Waals surface area contributed by atoms with Crippen LogP contribution in [0.4, 0.5) is 0 Å². The van der Waals surface area contributed by atoms with Crippen molar-refractivity contribution in [2.24, 2.45) is 0 Å². The van der Waals surface area contributed by atoms with E-state index in [4.69, 9.17) is 4.74 Å². The Balaban J connectivity index is 1.66. The minimum atomic E-state index is -0.220. The Bertz CT molecular complexity index is 624. The van der Waals surface area contributed by atoms with E-state index < -0.39 is 0 Å². The molecule has 0 spiro atoms. The summed E-state index contributed by atoms with van der Waals surface area (Å²) in [5, 5.41) is 0.869. The summed E-state index contributed by atoms with van der Waals surface area (Å²) in [5.41, 5.74) is 2.49. The van der Waals surface area contributed by atoms with Crippen molar-refractivity contribution in [1.29, 1.82) is 0 Å². The molecule has 110 valence electrons. The van der Waals surface area contributed by atoms with Gasteiger partial charge in [0, 0.05) is 30.9 Å². The lowest BCUT2D eigenvalue weighted by molar-refractivity contribution is -0.139. The normalized spacial score (nSPS) is 14.7. The number of rotatable bonds is 4. The topological polar surface area (TPSA) is 42.4 Å². The van der Waals surface area contributed by atoms with E-state index in [1.54, 1.807) is 11.3 Å². The van der Waals surface area contributed by atoms with E-state index in [1.807, 2.05) is 6.07 Å². The summed E-state index contributed by atoms with van der Waals surface area (Å²) in [6.07, 6.45) is 1.24. The van der Waals surface area contributed by atoms with Gasteiger partial charge in [0.2, 0.25) is 0 Å². The monoisotopic (exact) mass is 302 g/mol. The lowest BCUT2D eigenvalue weighted by Gasteiger charge is -2.25. The van der Waals surface area contributed by atoms with Crippen molar-refractivity contribution in [2.45, 2.75) is 25.9 Å². The molecule has 0 aliphatic carbocycles. The van der Waals surface area contributed by atoms with Crippen molar-refractivity contribution in [3.8, 4) is 0 Å². The number of hydrogen-bond donors (Lipinski definition) is 0. The fraction of sp³-hybridized carbons (Fsp3) is 0.375. The highest BCUT2D eigenvalue weighted by Crippen LogP contribution is 2.26. The van der Waals surface area contributed by atoms with E-state index in [9.17, 15) is 4.79 Å². The molecule has 2 aromatic rings. The third-order valence-corrected chi connectivity index (χ3v) is 4.71. The molecule has 1 aliphatic heterocycles. The molecule has 1 aliphatic rings. The van der Waals surface area contributed by atoms with E-state index in [1.165, 1.54) is 17.6 Å². The molecule has 0 atom stereocenters. The first kappa shape index (κ1) is 14.2. The lowest BCUT2D eigenvalue weighted by Crippen LogP contribution is -2.29. The van der Waals surface area contributed by atoms with Crippen molar-refractivity contribution in [2.75, 3.05) is 13.7 Å². The zero-order valence-corrected chi connectivity index (χ0v) is 12.9. The molecule has 1 aromatic heterocycles. The number of thiazole rings is 1. The Labute approximate surface area is 128 Å². The van der Waals surface area contributed by atoms with Crippen LogP contribution >= 0.6 is 11.3 Å². The van der Waals surface area contributed by atoms with Crippen molar-refractivity contribution < 1.29 is 9.53 Å². The molecule has 0 N–H and O–H groups in total. The quantitative estimate of drug-likeness (QED) is 0.814. The number of hydrogen-bond acceptors (Lipinski definition) is 5. The molecule has 5 heteroatoms. The Hall–Kier alpha value is -1.72. The highest BCUT2D eigenvalue weighted by Gasteiger charge is 2.21. The molecule has 2 heterocycles. The van der Waals surface area contributed by atoms with Crippen LogP contribution in [0.1, 0.15) is 21.1 Å². The Morgan fingerprint density at radius 1 is 1.38 bits per heavy atom. The van der Waals surface area contributed by atoms with Gasteiger partial charge in [-0.05, 0) is 5.56 Å². The molecule has 0 saturated carbocycles. The highest BCUT2D eigenvalue weighted by molar-refractivity contribution is 7.11. The molecule has 0 radical (unpaired) electrons. The van der Waals surface area contributed by atoms with Crippen molar-refractivity contribution in [3.05, 3.63) is 51.5 Å². The van der Waals surface area contributed by atoms with Crippen LogP contribution in [0.2, 0.25) is 0 Å². The predicted molar refractivity (Wildman–Crippen MR) is 82.1 cm³/mol. The molecule has 0 amide bonds. The summed E-state index contributed by atoms with van der Waals surface area (Å²) in [5.74, 6) is -0.220. The molecular weight excluding hydrogens is 284 g/mol. The van der Waals surface area contributed by atoms with Crippen LogP contribution < -0.4 is 0 Å². The van der Waals surface area contributed by atoms with Gasteiger partial charge in [-0.1, -0.05) is 30.3 Å². The van der Waals surface area contributed by atoms with Gasteiger partial charge in [0.15, 0.2) is 0 Å². The summed E-state index contributed by atoms with van der Waals surface area (Å²) in [6, 6.07) is 10.5. The van der Waals surface area contributed by atoms with Gasteiger partial charge in [-0.3, -0.25) is 9.69 Å². The number of carbonyl (C=O) groups is 1. The van der Waals surface area contributed by atoms with Crippen molar-refractivity contribution in [3.63, 3.8) is 0 Å². The van der Waals surface area contributed by atoms with E-state index in [0.717, 1.165) is 36.8 Å². The molecule has 0 unspecified atom stereocenters. The smallest absolute Gasteiger partial charge is 0.312 e. The highest BCUT2D eigenvalue weighted by atomic mass is 32.1. The number of esters is 1. The SMILES string of the molecule is COC(=O)Cc1nc2c(s1)CN(Cc1ccccc1)CC2. The lowest BCUT2D eigenvalue weighted by atomic mass is 10.1. The van der Waals surface area contributed by atoms with Crippen molar-refractivity contribution >= 4 is 17.3 Å². The van der Waals surface area contributed by atoms with E-state index >= 15 is 0 Å². The number of methoxy groups -OCH3 is 1. The van der Waals surface area contributed by atoms with Crippen LogP contribution in [0, 0.1) is 0 Å². The number of benzene rings is 1. The van der Waals surface area contributed by atoms with Gasteiger partial charge in [0.05, 0.1) is 19.2 Å². The molecule has 1 aromatic carbocycles. The fourth-order valence-electron chi connectivity index (χ4n) is 2.55. The van der Waals surface area contributed by atoms with Crippen LogP contribution in [0.3, 0.4) is 0 Å². The number of nitrogens with zero attached hydrogens (tertiary/aromatic N) is 2. The summed E-state index contributed by atoms with van der Waals surface area (Å²) in [4.78, 5) is 19.6. The Kier molecular flexibility index (Phi) is 4.31. The molecule has 3 rings (SSSR count). The number of ether oxygens (including phenoxy) is 1. The van der Waals surface area contributed by atoms with Gasteiger partial charge in [-0.25, -0.2) is 4.98 Å². The van der Waals surface area contributed by atoms with Crippen LogP contribution in [0.15, 0.2) is 30.3 Å². The maximum atomic E-state index is 11.3. The Morgan fingerprint density at radius 3 is 2.95 bits per heavy atom. The average Bonchev–Trinajstić information content (AvgIpc) is 2.89. The molecule has 0 bridgehead atoms. The van der Waals surface area contributed by atoms with Gasteiger partial charge < -0.3 is 4.74 Å². The average molecular weight is 302 g/mol. The predicted octanol–water partition coefficient (Wildman–Crippen LogP) is 2.42. The van der Waals surface area contributed by atoms with E-state index in [2.05, 4.69) is 34.1 Å². The summed E-state index contributed by atoms with van der Waals surface area (Å²) in [7, 11) is 1.41. The van der Waals surface area contributed by atoms with Gasteiger partial charge in [0.1, 0.15) is 5.01 Å². The van der Waals surface area contributed by atoms with E-state index in [-0.39, 0.29) is 12.4 Å². The second-order valence-corrected chi connectivity index (χ2v) is 6.34. The first-order valence-electron chi connectivity index (χ1n) is 7.05. The summed E-state index contributed by atoms with van der Waals surface area (Å²) < 4.78 is 4.70. The Morgan fingerprint density at radius 2 is 2.19 bits per heavy atom. The molecule has 0 saturated heterocycles. The largest absolute Gasteiger partial charge is 0.469 e. The maximum Gasteiger partial charge on any atom is 0.312 e. The standard InChI is InChI=1S/C16H18N2O2S/c1-20-16(19)9-15-17-13-7-8-18(11-14(13)21-15)10-12-5-3-2-4-6-12/h2-6H,7-11H2,1H3. The molecule has 21 heavy (non-hydrogen) atoms. The zero-order valence-electron chi connectivity index (χ0n) is 12.0. The zero-order chi connectivity index (χ0) is 14.7. The number of fused-ring (bicyclic) bond motifs is 1. The van der Waals surface area contributed by atoms with Crippen LogP contribution in [-0.4, -0.2) is 29.5 Å². The van der Waals surface area contributed by atoms with E-state index in [0.29, 0.717) is 0 Å². The number of aromatic nitrogens is 1. The van der Waals surface area contributed by atoms with Crippen molar-refractivity contribution in [1.82, 2.24) is 9.88 Å². The molecule has 4 nitrogen and oxygen atoms in total. The maximum absolute atomic E-state index is 11.3. The second-order valence-electron chi connectivity index (χ2n) is 5.18. The minimum absolute atomic E-state index is 0.220. The fourth-order valence-corrected chi connectivity index (χ4v) is 3.69. The van der Waals surface area contributed by atoms with Gasteiger partial charge in [0.25, 0.3) is 0 Å². The number of carbonyl (C=O) groups excluding carboxylic acids is 1. The van der Waals surface area contributed by atoms with Gasteiger partial charge in [-0.15, -0.1) is 11.3 Å². The van der Waals surface area contributed by atoms with Crippen LogP contribution in [-0.2, 0) is 35.5 Å². The van der Waals surface area contributed by atoms with Gasteiger partial charge in [-0.2, -0.15) is 0 Å². The third-order valence-electron chi connectivity index (χ3n) is 3.63. The first-order valence-corrected chi connectivity index (χ1v) is 7.87. The van der Waals surface area contributed by atoms with Gasteiger partial charge >= 0.3 is 5.97 Å².